The highest BCUT2D eigenvalue weighted by Gasteiger charge is 2.55. The van der Waals surface area contributed by atoms with Crippen LogP contribution in [0.4, 0.5) is 4.39 Å². The molecule has 2 amide bonds. The predicted molar refractivity (Wildman–Crippen MR) is 119 cm³/mol. The summed E-state index contributed by atoms with van der Waals surface area (Å²) in [5.74, 6) is -0.516. The lowest BCUT2D eigenvalue weighted by atomic mass is 9.60. The topological polar surface area (TPSA) is 121 Å². The van der Waals surface area contributed by atoms with E-state index in [9.17, 15) is 19.1 Å². The van der Waals surface area contributed by atoms with E-state index in [1.807, 2.05) is 0 Å². The molecule has 1 aliphatic heterocycles. The van der Waals surface area contributed by atoms with Gasteiger partial charge >= 0.3 is 0 Å². The van der Waals surface area contributed by atoms with Crippen molar-refractivity contribution in [2.24, 2.45) is 0 Å². The summed E-state index contributed by atoms with van der Waals surface area (Å²) in [5, 5.41) is 22.7. The summed E-state index contributed by atoms with van der Waals surface area (Å²) in [6, 6.07) is 0. The molecular weight excluding hydrogens is 455 g/mol. The summed E-state index contributed by atoms with van der Waals surface area (Å²) >= 11 is 5.90. The van der Waals surface area contributed by atoms with Gasteiger partial charge in [0.15, 0.2) is 6.35 Å². The molecule has 4 saturated carbocycles. The van der Waals surface area contributed by atoms with E-state index in [1.54, 1.807) is 0 Å². The molecule has 0 aromatic rings. The van der Waals surface area contributed by atoms with Crippen molar-refractivity contribution in [3.05, 3.63) is 0 Å². The fourth-order valence-electron chi connectivity index (χ4n) is 5.60. The number of aliphatic hydroxyl groups excluding tert-OH is 1. The van der Waals surface area contributed by atoms with Gasteiger partial charge in [0.25, 0.3) is 0 Å². The molecular formula is C22H36ClFN4O5. The maximum atomic E-state index is 13.8. The SMILES string of the molecule is O=C(COC1CCC(Cl)C(F)C1)NC12CCC(NC(=O)COC3NCCCN3)(CC1)[C@@H](O)C2. The Hall–Kier alpha value is -1.04. The molecule has 0 radical (unpaired) electrons. The zero-order chi connectivity index (χ0) is 23.5. The number of halogens is 2. The lowest BCUT2D eigenvalue weighted by molar-refractivity contribution is -0.142. The third kappa shape index (κ3) is 6.15. The zero-order valence-corrected chi connectivity index (χ0v) is 19.7. The molecule has 0 aromatic carbocycles. The van der Waals surface area contributed by atoms with Crippen molar-refractivity contribution in [3.63, 3.8) is 0 Å². The van der Waals surface area contributed by atoms with E-state index in [0.29, 0.717) is 44.9 Å². The van der Waals surface area contributed by atoms with Crippen LogP contribution >= 0.6 is 11.6 Å². The second-order valence-corrected chi connectivity index (χ2v) is 10.5. The van der Waals surface area contributed by atoms with Crippen LogP contribution in [-0.2, 0) is 19.1 Å². The lowest BCUT2D eigenvalue weighted by Crippen LogP contribution is -2.70. The Bertz CT molecular complexity index is 702. The molecule has 5 N–H and O–H groups in total. The number of amides is 2. The average molecular weight is 491 g/mol. The Morgan fingerprint density at radius 2 is 1.70 bits per heavy atom. The van der Waals surface area contributed by atoms with Gasteiger partial charge in [0.05, 0.1) is 23.1 Å². The molecule has 3 unspecified atom stereocenters. The highest BCUT2D eigenvalue weighted by atomic mass is 35.5. The summed E-state index contributed by atoms with van der Waals surface area (Å²) in [6.45, 7) is 1.45. The van der Waals surface area contributed by atoms with Crippen molar-refractivity contribution >= 4 is 23.4 Å². The first-order chi connectivity index (χ1) is 15.8. The van der Waals surface area contributed by atoms with E-state index in [2.05, 4.69) is 21.3 Å². The van der Waals surface area contributed by atoms with Gasteiger partial charge in [-0.25, -0.2) is 4.39 Å². The minimum Gasteiger partial charge on any atom is -0.391 e. The fourth-order valence-corrected chi connectivity index (χ4v) is 5.83. The highest BCUT2D eigenvalue weighted by molar-refractivity contribution is 6.21. The van der Waals surface area contributed by atoms with Gasteiger partial charge in [0.1, 0.15) is 19.4 Å². The van der Waals surface area contributed by atoms with Gasteiger partial charge in [-0.3, -0.25) is 20.2 Å². The van der Waals surface area contributed by atoms with Gasteiger partial charge in [-0.2, -0.15) is 0 Å². The molecule has 4 aliphatic carbocycles. The molecule has 5 fully saturated rings. The summed E-state index contributed by atoms with van der Waals surface area (Å²) in [6.07, 6.45) is 2.74. The number of nitrogens with one attached hydrogen (secondary N) is 4. The number of carbonyl (C=O) groups is 2. The second-order valence-electron chi connectivity index (χ2n) is 9.98. The van der Waals surface area contributed by atoms with Crippen LogP contribution in [0.15, 0.2) is 0 Å². The van der Waals surface area contributed by atoms with E-state index in [0.717, 1.165) is 19.5 Å². The van der Waals surface area contributed by atoms with Crippen LogP contribution < -0.4 is 21.3 Å². The van der Waals surface area contributed by atoms with Crippen molar-refractivity contribution in [1.82, 2.24) is 21.3 Å². The van der Waals surface area contributed by atoms with Crippen molar-refractivity contribution in [3.8, 4) is 0 Å². The van der Waals surface area contributed by atoms with Gasteiger partial charge in [-0.05, 0) is 64.5 Å². The molecule has 33 heavy (non-hydrogen) atoms. The monoisotopic (exact) mass is 490 g/mol. The summed E-state index contributed by atoms with van der Waals surface area (Å²) < 4.78 is 25.0. The summed E-state index contributed by atoms with van der Waals surface area (Å²) in [4.78, 5) is 25.0. The highest BCUT2D eigenvalue weighted by Crippen LogP contribution is 2.47. The van der Waals surface area contributed by atoms with Crippen molar-refractivity contribution in [1.29, 1.82) is 0 Å². The third-order valence-electron chi connectivity index (χ3n) is 7.60. The number of rotatable bonds is 8. The fraction of sp³-hybridized carbons (Fsp3) is 0.909. The molecule has 9 nitrogen and oxygen atoms in total. The largest absolute Gasteiger partial charge is 0.391 e. The first-order valence-corrected chi connectivity index (χ1v) is 12.5. The number of hydrogen-bond acceptors (Lipinski definition) is 7. The number of aliphatic hydroxyl groups is 1. The minimum absolute atomic E-state index is 0.0935. The molecule has 5 rings (SSSR count). The van der Waals surface area contributed by atoms with Gasteiger partial charge in [0.2, 0.25) is 11.8 Å². The first kappa shape index (κ1) is 25.1. The standard InChI is InChI=1S/C22H36ClFN4O5/c23-15-3-2-14(10-16(15)24)32-12-18(30)27-21-4-6-22(7-5-21,17(29)11-21)28-19(31)13-33-20-25-8-1-9-26-20/h14-17,20,25-26,29H,1-13H2,(H,27,30)(H,28,31)/t14?,15?,16?,17-,21?,22?/m0/s1. The summed E-state index contributed by atoms with van der Waals surface area (Å²) in [5.41, 5.74) is -1.19. The third-order valence-corrected chi connectivity index (χ3v) is 8.10. The number of alkyl halides is 2. The Morgan fingerprint density at radius 1 is 1.03 bits per heavy atom. The molecule has 188 valence electrons. The van der Waals surface area contributed by atoms with E-state index >= 15 is 0 Å². The van der Waals surface area contributed by atoms with Gasteiger partial charge in [-0.15, -0.1) is 11.6 Å². The number of hydrogen-bond donors (Lipinski definition) is 5. The predicted octanol–water partition coefficient (Wildman–Crippen LogP) is 0.433. The maximum Gasteiger partial charge on any atom is 0.246 e. The molecule has 2 bridgehead atoms. The number of ether oxygens (including phenoxy) is 2. The molecule has 4 atom stereocenters. The van der Waals surface area contributed by atoms with E-state index < -0.39 is 28.7 Å². The second kappa shape index (κ2) is 10.7. The molecule has 11 heteroatoms. The average Bonchev–Trinajstić information content (AvgIpc) is 2.80. The Morgan fingerprint density at radius 3 is 2.36 bits per heavy atom. The number of fused-ring (bicyclic) bond motifs is 3. The Labute approximate surface area is 198 Å². The van der Waals surface area contributed by atoms with Gasteiger partial charge in [0, 0.05) is 12.0 Å². The molecule has 0 spiro atoms. The lowest BCUT2D eigenvalue weighted by Gasteiger charge is -2.56. The summed E-state index contributed by atoms with van der Waals surface area (Å²) in [7, 11) is 0. The van der Waals surface area contributed by atoms with Crippen molar-refractivity contribution in [2.75, 3.05) is 26.3 Å². The van der Waals surface area contributed by atoms with E-state index in [1.165, 1.54) is 0 Å². The normalized spacial score (nSPS) is 39.2. The van der Waals surface area contributed by atoms with Crippen LogP contribution in [0.25, 0.3) is 0 Å². The van der Waals surface area contributed by atoms with Crippen LogP contribution in [0.1, 0.15) is 57.8 Å². The van der Waals surface area contributed by atoms with Crippen LogP contribution in [-0.4, -0.2) is 84.4 Å². The van der Waals surface area contributed by atoms with Gasteiger partial charge in [-0.1, -0.05) is 0 Å². The van der Waals surface area contributed by atoms with Gasteiger partial charge < -0.3 is 25.2 Å². The maximum absolute atomic E-state index is 13.8. The van der Waals surface area contributed by atoms with Crippen molar-refractivity contribution < 1.29 is 28.6 Å². The Kier molecular flexibility index (Phi) is 8.13. The molecule has 5 aliphatic rings. The van der Waals surface area contributed by atoms with Crippen molar-refractivity contribution in [2.45, 2.75) is 99.0 Å². The van der Waals surface area contributed by atoms with Crippen LogP contribution in [0.5, 0.6) is 0 Å². The van der Waals surface area contributed by atoms with Crippen LogP contribution in [0.2, 0.25) is 0 Å². The van der Waals surface area contributed by atoms with E-state index in [4.69, 9.17) is 21.1 Å². The smallest absolute Gasteiger partial charge is 0.246 e. The number of carbonyl (C=O) groups excluding carboxylic acids is 2. The molecule has 1 heterocycles. The first-order valence-electron chi connectivity index (χ1n) is 12.1. The zero-order valence-electron chi connectivity index (χ0n) is 18.9. The molecule has 0 aromatic heterocycles. The van der Waals surface area contributed by atoms with Crippen LogP contribution in [0, 0.1) is 0 Å². The molecule has 1 saturated heterocycles. The van der Waals surface area contributed by atoms with E-state index in [-0.39, 0.29) is 43.9 Å². The quantitative estimate of drug-likeness (QED) is 0.313. The van der Waals surface area contributed by atoms with Crippen LogP contribution in [0.3, 0.4) is 0 Å². The minimum atomic E-state index is -1.11. The Balaban J connectivity index is 1.21.